The predicted molar refractivity (Wildman–Crippen MR) is 204 cm³/mol. The molecule has 5 heterocycles. The number of halogens is 1. The maximum absolute atomic E-state index is 15.4. The van der Waals surface area contributed by atoms with Crippen LogP contribution >= 0.6 is 15.9 Å². The van der Waals surface area contributed by atoms with E-state index in [9.17, 15) is 14.7 Å². The highest BCUT2D eigenvalue weighted by Gasteiger charge is 2.75. The molecule has 1 aromatic heterocycles. The molecule has 13 nitrogen and oxygen atoms in total. The number of benzene rings is 3. The van der Waals surface area contributed by atoms with Gasteiger partial charge in [0.15, 0.2) is 0 Å². The van der Waals surface area contributed by atoms with Crippen LogP contribution in [0.5, 0.6) is 0 Å². The molecule has 284 valence electrons. The van der Waals surface area contributed by atoms with Crippen LogP contribution in [0.15, 0.2) is 108 Å². The SMILES string of the molecule is C[C@H]1NC(=O)CC/C=C\CN(Cn2nnc3ccccc32)C(=O)[C@@H]2N([C@@H](CO)Cc3ccccc3)C(=O)[C@H]3[C@H](C(=O)O[C@@H]1c1ccccc1)[C@H]1O[C@@]23C=C1Br. The molecule has 3 aromatic carbocycles. The third-order valence-corrected chi connectivity index (χ3v) is 11.7. The van der Waals surface area contributed by atoms with Crippen molar-refractivity contribution in [3.05, 3.63) is 119 Å². The van der Waals surface area contributed by atoms with Gasteiger partial charge in [0.25, 0.3) is 5.91 Å². The summed E-state index contributed by atoms with van der Waals surface area (Å²) < 4.78 is 15.2. The highest BCUT2D eigenvalue weighted by molar-refractivity contribution is 9.11. The van der Waals surface area contributed by atoms with Crippen molar-refractivity contribution in [2.75, 3.05) is 13.2 Å². The molecule has 55 heavy (non-hydrogen) atoms. The molecule has 8 atom stereocenters. The number of hydrogen-bond acceptors (Lipinski definition) is 9. The number of hydrogen-bond donors (Lipinski definition) is 2. The Hall–Kier alpha value is -5.18. The summed E-state index contributed by atoms with van der Waals surface area (Å²) in [5, 5.41) is 22.6. The van der Waals surface area contributed by atoms with Crippen molar-refractivity contribution in [3.8, 4) is 0 Å². The van der Waals surface area contributed by atoms with Crippen molar-refractivity contribution in [1.82, 2.24) is 30.1 Å². The van der Waals surface area contributed by atoms with Crippen LogP contribution in [0.2, 0.25) is 0 Å². The molecule has 1 spiro atoms. The quantitative estimate of drug-likeness (QED) is 0.209. The number of allylic oxidation sites excluding steroid dienone is 1. The van der Waals surface area contributed by atoms with Gasteiger partial charge in [-0.25, -0.2) is 4.68 Å². The fourth-order valence-corrected chi connectivity index (χ4v) is 9.29. The molecule has 4 aliphatic heterocycles. The van der Waals surface area contributed by atoms with Gasteiger partial charge in [0.2, 0.25) is 11.8 Å². The second kappa shape index (κ2) is 15.2. The van der Waals surface area contributed by atoms with E-state index < -0.39 is 72.2 Å². The fourth-order valence-electron chi connectivity index (χ4n) is 8.55. The highest BCUT2D eigenvalue weighted by atomic mass is 79.9. The topological polar surface area (TPSA) is 156 Å². The Morgan fingerprint density at radius 2 is 1.67 bits per heavy atom. The summed E-state index contributed by atoms with van der Waals surface area (Å²) in [6, 6.07) is 23.2. The molecule has 0 radical (unpaired) electrons. The van der Waals surface area contributed by atoms with Crippen LogP contribution in [0.1, 0.15) is 37.0 Å². The normalized spacial score (nSPS) is 29.5. The number of nitrogens with zero attached hydrogens (tertiary/aromatic N) is 5. The van der Waals surface area contributed by atoms with E-state index in [1.807, 2.05) is 97.1 Å². The summed E-state index contributed by atoms with van der Waals surface area (Å²) in [6.45, 7) is 1.40. The smallest absolute Gasteiger partial charge is 0.313 e. The van der Waals surface area contributed by atoms with E-state index in [0.29, 0.717) is 27.5 Å². The van der Waals surface area contributed by atoms with Gasteiger partial charge in [0.1, 0.15) is 42.0 Å². The number of carbonyl (C=O) groups excluding carboxylic acids is 4. The number of nitrogens with one attached hydrogen (secondary N) is 1. The number of cyclic esters (lactones) is 1. The largest absolute Gasteiger partial charge is 0.455 e. The molecule has 5 bridgehead atoms. The molecule has 14 heteroatoms. The van der Waals surface area contributed by atoms with E-state index in [2.05, 4.69) is 31.6 Å². The molecule has 8 rings (SSSR count). The van der Waals surface area contributed by atoms with Crippen molar-refractivity contribution >= 4 is 50.7 Å². The van der Waals surface area contributed by atoms with Gasteiger partial charge in [0.05, 0.1) is 30.1 Å². The number of carbonyl (C=O) groups is 4. The second-order valence-electron chi connectivity index (χ2n) is 14.5. The Kier molecular flexibility index (Phi) is 10.1. The number of fused-ring (bicyclic) bond motifs is 3. The number of para-hydroxylation sites is 1. The summed E-state index contributed by atoms with van der Waals surface area (Å²) in [5.41, 5.74) is 1.31. The predicted octanol–water partition coefficient (Wildman–Crippen LogP) is 3.83. The lowest BCUT2D eigenvalue weighted by atomic mass is 9.74. The molecule has 0 saturated carbocycles. The first kappa shape index (κ1) is 36.8. The lowest BCUT2D eigenvalue weighted by Crippen LogP contribution is -2.59. The van der Waals surface area contributed by atoms with Gasteiger partial charge >= 0.3 is 5.97 Å². The van der Waals surface area contributed by atoms with E-state index >= 15 is 9.59 Å². The lowest BCUT2D eigenvalue weighted by Gasteiger charge is -2.38. The molecule has 0 unspecified atom stereocenters. The Balaban J connectivity index is 1.25. The van der Waals surface area contributed by atoms with Crippen molar-refractivity contribution in [1.29, 1.82) is 0 Å². The standard InChI is InChI=1S/C41H41BrN6O7/c1-25-35(27-15-7-3-8-16-27)54-40(53)33-34-38(51)48(28(23-49)21-26-13-5-2-6-14-26)37(41(34)22-29(42)36(33)55-41)39(52)46(20-12-4-9-19-32(50)43-25)24-47-31-18-11-10-17-30(31)44-45-47/h2-8,10-18,22,25,28,33-37,49H,9,19-21,23-24H2,1H3,(H,43,50)/b12-4-/t25-,28-,33+,34-,35+,36+,37+,41-/m1/s1. The number of aliphatic hydroxyl groups is 1. The first-order valence-corrected chi connectivity index (χ1v) is 19.3. The summed E-state index contributed by atoms with van der Waals surface area (Å²) in [5.74, 6) is -4.16. The number of aliphatic hydroxyl groups excluding tert-OH is 1. The number of aromatic nitrogens is 3. The minimum atomic E-state index is -1.58. The van der Waals surface area contributed by atoms with Gasteiger partial charge in [-0.3, -0.25) is 19.2 Å². The van der Waals surface area contributed by atoms with Gasteiger partial charge in [-0.1, -0.05) is 106 Å². The van der Waals surface area contributed by atoms with Gasteiger partial charge in [-0.15, -0.1) is 5.10 Å². The maximum atomic E-state index is 15.4. The third-order valence-electron chi connectivity index (χ3n) is 11.1. The maximum Gasteiger partial charge on any atom is 0.313 e. The summed E-state index contributed by atoms with van der Waals surface area (Å²) in [7, 11) is 0. The summed E-state index contributed by atoms with van der Waals surface area (Å²) in [4.78, 5) is 61.2. The minimum absolute atomic E-state index is 0.0258. The molecular weight excluding hydrogens is 768 g/mol. The lowest BCUT2D eigenvalue weighted by molar-refractivity contribution is -0.162. The fraction of sp³-hybridized carbons (Fsp3) is 0.366. The van der Waals surface area contributed by atoms with Crippen molar-refractivity contribution in [3.63, 3.8) is 0 Å². The van der Waals surface area contributed by atoms with Crippen LogP contribution in [0.25, 0.3) is 11.0 Å². The van der Waals surface area contributed by atoms with Crippen molar-refractivity contribution in [2.45, 2.75) is 68.8 Å². The Morgan fingerprint density at radius 3 is 2.44 bits per heavy atom. The van der Waals surface area contributed by atoms with Crippen LogP contribution in [0.4, 0.5) is 0 Å². The van der Waals surface area contributed by atoms with Crippen LogP contribution in [0.3, 0.4) is 0 Å². The van der Waals surface area contributed by atoms with Crippen molar-refractivity contribution in [2.24, 2.45) is 11.8 Å². The van der Waals surface area contributed by atoms with E-state index in [0.717, 1.165) is 5.56 Å². The van der Waals surface area contributed by atoms with E-state index in [1.54, 1.807) is 22.6 Å². The van der Waals surface area contributed by atoms with E-state index in [1.165, 1.54) is 4.90 Å². The van der Waals surface area contributed by atoms with E-state index in [4.69, 9.17) is 9.47 Å². The number of rotatable bonds is 7. The highest BCUT2D eigenvalue weighted by Crippen LogP contribution is 2.59. The first-order chi connectivity index (χ1) is 26.7. The zero-order chi connectivity index (χ0) is 38.3. The van der Waals surface area contributed by atoms with Crippen LogP contribution < -0.4 is 5.32 Å². The molecule has 2 N–H and O–H groups in total. The zero-order valence-corrected chi connectivity index (χ0v) is 31.7. The second-order valence-corrected chi connectivity index (χ2v) is 15.4. The molecular formula is C41H41BrN6O7. The summed E-state index contributed by atoms with van der Waals surface area (Å²) >= 11 is 3.63. The molecule has 3 amide bonds. The number of esters is 1. The van der Waals surface area contributed by atoms with E-state index in [-0.39, 0.29) is 32.0 Å². The molecule has 2 saturated heterocycles. The van der Waals surface area contributed by atoms with Gasteiger partial charge in [-0.2, -0.15) is 0 Å². The van der Waals surface area contributed by atoms with Crippen LogP contribution in [-0.4, -0.2) is 96.6 Å². The Bertz CT molecular complexity index is 2160. The zero-order valence-electron chi connectivity index (χ0n) is 30.1. The van der Waals surface area contributed by atoms with Gasteiger partial charge < -0.3 is 29.7 Å². The number of amides is 3. The monoisotopic (exact) mass is 808 g/mol. The van der Waals surface area contributed by atoms with Crippen LogP contribution in [-0.2, 0) is 41.7 Å². The van der Waals surface area contributed by atoms with Crippen molar-refractivity contribution < 1.29 is 33.8 Å². The summed E-state index contributed by atoms with van der Waals surface area (Å²) in [6.07, 6.45) is 4.41. The first-order valence-electron chi connectivity index (χ1n) is 18.5. The average Bonchev–Trinajstić information content (AvgIpc) is 3.92. The number of likely N-dealkylation sites (tertiary alicyclic amines) is 1. The average molecular weight is 810 g/mol. The van der Waals surface area contributed by atoms with Crippen LogP contribution in [0, 0.1) is 11.8 Å². The number of ether oxygens (including phenoxy) is 2. The Morgan fingerprint density at radius 1 is 0.945 bits per heavy atom. The third kappa shape index (κ3) is 6.65. The molecule has 2 fully saturated rings. The van der Waals surface area contributed by atoms with Gasteiger partial charge in [-0.05, 0) is 49.1 Å². The Labute approximate surface area is 326 Å². The minimum Gasteiger partial charge on any atom is -0.455 e. The molecule has 4 aliphatic rings. The molecule has 0 aliphatic carbocycles. The van der Waals surface area contributed by atoms with Gasteiger partial charge in [0, 0.05) is 17.4 Å². The molecule has 4 aromatic rings.